The molecule has 1 aliphatic rings. The van der Waals surface area contributed by atoms with Gasteiger partial charge >= 0.3 is 0 Å². The zero-order valence-corrected chi connectivity index (χ0v) is 17.5. The molecule has 4 rings (SSSR count). The summed E-state index contributed by atoms with van der Waals surface area (Å²) in [6, 6.07) is 18.8. The van der Waals surface area contributed by atoms with E-state index in [4.69, 9.17) is 14.2 Å². The molecule has 0 unspecified atom stereocenters. The van der Waals surface area contributed by atoms with Crippen LogP contribution in [0.1, 0.15) is 12.5 Å². The Labute approximate surface area is 185 Å². The molecular formula is C24H23N3O5. The number of ether oxygens (including phenoxy) is 3. The maximum atomic E-state index is 12.3. The summed E-state index contributed by atoms with van der Waals surface area (Å²) in [5.74, 6) is 0.847. The summed E-state index contributed by atoms with van der Waals surface area (Å²) in [6.07, 6.45) is 0.716. The molecule has 1 aliphatic heterocycles. The van der Waals surface area contributed by atoms with Gasteiger partial charge in [-0.05, 0) is 35.9 Å². The van der Waals surface area contributed by atoms with Gasteiger partial charge in [-0.2, -0.15) is 5.10 Å². The summed E-state index contributed by atoms with van der Waals surface area (Å²) in [7, 11) is 0. The van der Waals surface area contributed by atoms with E-state index in [0.717, 1.165) is 16.3 Å². The van der Waals surface area contributed by atoms with E-state index in [1.54, 1.807) is 24.4 Å². The third-order valence-electron chi connectivity index (χ3n) is 4.84. The largest absolute Gasteiger partial charge is 0.493 e. The Balaban J connectivity index is 1.34. The second-order valence-corrected chi connectivity index (χ2v) is 7.01. The third-order valence-corrected chi connectivity index (χ3v) is 4.84. The van der Waals surface area contributed by atoms with Crippen LogP contribution in [0.25, 0.3) is 10.8 Å². The number of hydrazone groups is 1. The first-order valence-corrected chi connectivity index (χ1v) is 10.3. The van der Waals surface area contributed by atoms with Crippen molar-refractivity contribution in [1.82, 2.24) is 10.7 Å². The molecule has 2 N–H and O–H groups in total. The maximum Gasteiger partial charge on any atom is 0.265 e. The molecule has 3 aromatic rings. The Morgan fingerprint density at radius 3 is 2.72 bits per heavy atom. The van der Waals surface area contributed by atoms with Crippen molar-refractivity contribution in [1.29, 1.82) is 0 Å². The van der Waals surface area contributed by atoms with Gasteiger partial charge in [0.15, 0.2) is 11.5 Å². The molecule has 1 atom stereocenters. The minimum absolute atomic E-state index is 0.0733. The second kappa shape index (κ2) is 9.82. The fraction of sp³-hybridized carbons (Fsp3) is 0.208. The van der Waals surface area contributed by atoms with Crippen molar-refractivity contribution < 1.29 is 23.8 Å². The predicted molar refractivity (Wildman–Crippen MR) is 120 cm³/mol. The molecule has 0 radical (unpaired) electrons. The molecule has 0 bridgehead atoms. The molecule has 0 fully saturated rings. The number of nitrogens with one attached hydrogen (secondary N) is 2. The average molecular weight is 433 g/mol. The van der Waals surface area contributed by atoms with Crippen LogP contribution < -0.4 is 25.0 Å². The normalized spacial score (nSPS) is 14.8. The van der Waals surface area contributed by atoms with Crippen LogP contribution in [0.5, 0.6) is 17.2 Å². The minimum Gasteiger partial charge on any atom is -0.493 e. The smallest absolute Gasteiger partial charge is 0.265 e. The number of nitrogens with zero attached hydrogens (tertiary/aromatic N) is 1. The highest BCUT2D eigenvalue weighted by atomic mass is 16.6. The van der Waals surface area contributed by atoms with Gasteiger partial charge in [0.05, 0.1) is 19.4 Å². The van der Waals surface area contributed by atoms with Gasteiger partial charge in [0.1, 0.15) is 12.4 Å². The van der Waals surface area contributed by atoms with E-state index in [2.05, 4.69) is 15.8 Å². The molecule has 8 heteroatoms. The highest BCUT2D eigenvalue weighted by Crippen LogP contribution is 2.31. The molecule has 0 saturated carbocycles. The van der Waals surface area contributed by atoms with Gasteiger partial charge in [-0.1, -0.05) is 42.5 Å². The number of hydrogen-bond acceptors (Lipinski definition) is 6. The summed E-state index contributed by atoms with van der Waals surface area (Å²) < 4.78 is 16.8. The van der Waals surface area contributed by atoms with E-state index in [1.807, 2.05) is 49.4 Å². The zero-order valence-electron chi connectivity index (χ0n) is 17.5. The molecule has 32 heavy (non-hydrogen) atoms. The number of hydrogen-bond donors (Lipinski definition) is 2. The maximum absolute atomic E-state index is 12.3. The number of fused-ring (bicyclic) bond motifs is 2. The van der Waals surface area contributed by atoms with Crippen LogP contribution in [0.2, 0.25) is 0 Å². The van der Waals surface area contributed by atoms with E-state index in [0.29, 0.717) is 23.9 Å². The van der Waals surface area contributed by atoms with Crippen LogP contribution in [0.15, 0.2) is 65.8 Å². The number of rotatable bonds is 7. The van der Waals surface area contributed by atoms with Crippen LogP contribution in [0.3, 0.4) is 0 Å². The van der Waals surface area contributed by atoms with E-state index in [9.17, 15) is 9.59 Å². The Bertz CT molecular complexity index is 1160. The van der Waals surface area contributed by atoms with Crippen molar-refractivity contribution in [3.8, 4) is 17.2 Å². The topological polar surface area (TPSA) is 98.2 Å². The van der Waals surface area contributed by atoms with Crippen LogP contribution in [-0.2, 0) is 9.59 Å². The van der Waals surface area contributed by atoms with Crippen molar-refractivity contribution in [2.45, 2.75) is 13.0 Å². The standard InChI is InChI=1S/C24H23N3O5/c1-2-30-19-12-11-16-7-3-4-8-17(16)18(19)13-26-27-23(28)14-25-24(29)22-15-31-20-9-5-6-10-21(20)32-22/h3-13,22H,2,14-15H2,1H3,(H,25,29)(H,27,28)/b26-13-/t22-/m1/s1. The van der Waals surface area contributed by atoms with Crippen LogP contribution in [0, 0.1) is 0 Å². The van der Waals surface area contributed by atoms with E-state index < -0.39 is 17.9 Å². The van der Waals surface area contributed by atoms with Gasteiger partial charge in [0.25, 0.3) is 11.8 Å². The van der Waals surface area contributed by atoms with Crippen LogP contribution in [-0.4, -0.2) is 43.9 Å². The van der Waals surface area contributed by atoms with Crippen LogP contribution >= 0.6 is 0 Å². The zero-order chi connectivity index (χ0) is 22.3. The highest BCUT2D eigenvalue weighted by molar-refractivity contribution is 6.02. The molecule has 0 spiro atoms. The fourth-order valence-electron chi connectivity index (χ4n) is 3.33. The predicted octanol–water partition coefficient (Wildman–Crippen LogP) is 2.64. The van der Waals surface area contributed by atoms with E-state index >= 15 is 0 Å². The lowest BCUT2D eigenvalue weighted by atomic mass is 10.0. The second-order valence-electron chi connectivity index (χ2n) is 7.01. The SMILES string of the molecule is CCOc1ccc2ccccc2c1/C=N\NC(=O)CNC(=O)[C@H]1COc2ccccc2O1. The summed E-state index contributed by atoms with van der Waals surface area (Å²) >= 11 is 0. The molecular weight excluding hydrogens is 410 g/mol. The minimum atomic E-state index is -0.828. The van der Waals surface area contributed by atoms with Crippen molar-refractivity contribution in [3.63, 3.8) is 0 Å². The number of amides is 2. The molecule has 3 aromatic carbocycles. The fourth-order valence-corrected chi connectivity index (χ4v) is 3.33. The van der Waals surface area contributed by atoms with Gasteiger partial charge in [-0.3, -0.25) is 9.59 Å². The summed E-state index contributed by atoms with van der Waals surface area (Å²) in [4.78, 5) is 24.5. The van der Waals surface area contributed by atoms with E-state index in [-0.39, 0.29) is 13.2 Å². The molecule has 8 nitrogen and oxygen atoms in total. The molecule has 0 aliphatic carbocycles. The summed E-state index contributed by atoms with van der Waals surface area (Å²) in [6.45, 7) is 2.24. The van der Waals surface area contributed by atoms with Gasteiger partial charge in [-0.15, -0.1) is 0 Å². The monoisotopic (exact) mass is 433 g/mol. The molecule has 1 heterocycles. The highest BCUT2D eigenvalue weighted by Gasteiger charge is 2.27. The van der Waals surface area contributed by atoms with Crippen molar-refractivity contribution in [3.05, 3.63) is 66.2 Å². The van der Waals surface area contributed by atoms with Gasteiger partial charge < -0.3 is 19.5 Å². The quantitative estimate of drug-likeness (QED) is 0.441. The summed E-state index contributed by atoms with van der Waals surface area (Å²) in [5, 5.41) is 8.57. The number of para-hydroxylation sites is 2. The van der Waals surface area contributed by atoms with Gasteiger partial charge in [0, 0.05) is 5.56 Å². The summed E-state index contributed by atoms with van der Waals surface area (Å²) in [5.41, 5.74) is 3.19. The molecule has 2 amide bonds. The lowest BCUT2D eigenvalue weighted by Gasteiger charge is -2.25. The first kappa shape index (κ1) is 21.2. The molecule has 0 aromatic heterocycles. The Kier molecular flexibility index (Phi) is 6.50. The van der Waals surface area contributed by atoms with E-state index in [1.165, 1.54) is 0 Å². The average Bonchev–Trinajstić information content (AvgIpc) is 2.83. The van der Waals surface area contributed by atoms with Crippen LogP contribution in [0.4, 0.5) is 0 Å². The van der Waals surface area contributed by atoms with Gasteiger partial charge in [0.2, 0.25) is 6.10 Å². The van der Waals surface area contributed by atoms with Crippen molar-refractivity contribution in [2.24, 2.45) is 5.10 Å². The van der Waals surface area contributed by atoms with Crippen molar-refractivity contribution in [2.75, 3.05) is 19.8 Å². The number of carbonyl (C=O) groups excluding carboxylic acids is 2. The first-order valence-electron chi connectivity index (χ1n) is 10.3. The lowest BCUT2D eigenvalue weighted by Crippen LogP contribution is -2.46. The Hall–Kier alpha value is -4.07. The number of carbonyl (C=O) groups is 2. The number of benzene rings is 3. The first-order chi connectivity index (χ1) is 15.7. The van der Waals surface area contributed by atoms with Gasteiger partial charge in [-0.25, -0.2) is 5.43 Å². The molecule has 164 valence electrons. The third kappa shape index (κ3) is 4.80. The molecule has 0 saturated heterocycles. The lowest BCUT2D eigenvalue weighted by molar-refractivity contribution is -0.132. The Morgan fingerprint density at radius 2 is 1.88 bits per heavy atom. The Morgan fingerprint density at radius 1 is 1.09 bits per heavy atom. The van der Waals surface area contributed by atoms with Crippen molar-refractivity contribution >= 4 is 28.8 Å².